The zero-order valence-electron chi connectivity index (χ0n) is 11.9. The summed E-state index contributed by atoms with van der Waals surface area (Å²) in [5, 5.41) is 9.02. The van der Waals surface area contributed by atoms with Gasteiger partial charge in [-0.15, -0.1) is 0 Å². The number of imidazole rings is 1. The van der Waals surface area contributed by atoms with Crippen LogP contribution in [-0.2, 0) is 6.42 Å². The zero-order valence-corrected chi connectivity index (χ0v) is 11.9. The fraction of sp³-hybridized carbons (Fsp3) is 0.438. The van der Waals surface area contributed by atoms with E-state index < -0.39 is 5.97 Å². The van der Waals surface area contributed by atoms with Gasteiger partial charge in [0.2, 0.25) is 0 Å². The molecule has 2 heterocycles. The smallest absolute Gasteiger partial charge is 0.335 e. The van der Waals surface area contributed by atoms with Crippen LogP contribution in [0.1, 0.15) is 48.3 Å². The standard InChI is InChI=1S/C16H19N3O2/c20-16(21)12-6-7-17-13(9-12)14-10-18-15(19-14)8-11-4-2-1-3-5-11/h6-7,9-11H,1-5,8H2,(H,18,19)(H,20,21). The largest absolute Gasteiger partial charge is 0.478 e. The van der Waals surface area contributed by atoms with E-state index in [-0.39, 0.29) is 5.56 Å². The van der Waals surface area contributed by atoms with Gasteiger partial charge in [0.05, 0.1) is 11.3 Å². The molecule has 2 N–H and O–H groups in total. The Morgan fingerprint density at radius 1 is 1.29 bits per heavy atom. The minimum absolute atomic E-state index is 0.233. The summed E-state index contributed by atoms with van der Waals surface area (Å²) in [4.78, 5) is 23.0. The number of nitrogens with zero attached hydrogens (tertiary/aromatic N) is 2. The van der Waals surface area contributed by atoms with Gasteiger partial charge in [0.15, 0.2) is 0 Å². The molecular weight excluding hydrogens is 266 g/mol. The van der Waals surface area contributed by atoms with Crippen LogP contribution in [0.5, 0.6) is 0 Å². The van der Waals surface area contributed by atoms with Crippen LogP contribution in [0.3, 0.4) is 0 Å². The number of nitrogens with one attached hydrogen (secondary N) is 1. The second-order valence-electron chi connectivity index (χ2n) is 5.68. The molecule has 0 amide bonds. The van der Waals surface area contributed by atoms with Crippen molar-refractivity contribution in [3.05, 3.63) is 35.9 Å². The van der Waals surface area contributed by atoms with Crippen molar-refractivity contribution in [3.63, 3.8) is 0 Å². The number of H-pyrrole nitrogens is 1. The SMILES string of the molecule is O=C(O)c1ccnc(-c2c[nH]c(CC3CCCCC3)n2)c1. The summed E-state index contributed by atoms with van der Waals surface area (Å²) in [5.41, 5.74) is 1.54. The van der Waals surface area contributed by atoms with Crippen LogP contribution in [0.25, 0.3) is 11.4 Å². The van der Waals surface area contributed by atoms with E-state index in [4.69, 9.17) is 5.11 Å². The lowest BCUT2D eigenvalue weighted by Crippen LogP contribution is -2.10. The number of pyridine rings is 1. The molecule has 2 aromatic rings. The van der Waals surface area contributed by atoms with Gasteiger partial charge >= 0.3 is 5.97 Å². The van der Waals surface area contributed by atoms with Crippen LogP contribution >= 0.6 is 0 Å². The molecule has 1 aliphatic rings. The Balaban J connectivity index is 1.75. The number of rotatable bonds is 4. The van der Waals surface area contributed by atoms with E-state index in [2.05, 4.69) is 15.0 Å². The first-order valence-electron chi connectivity index (χ1n) is 7.46. The molecular formula is C16H19N3O2. The van der Waals surface area contributed by atoms with Gasteiger partial charge in [-0.2, -0.15) is 0 Å². The van der Waals surface area contributed by atoms with Crippen molar-refractivity contribution in [3.8, 4) is 11.4 Å². The molecule has 2 aromatic heterocycles. The van der Waals surface area contributed by atoms with E-state index in [9.17, 15) is 4.79 Å². The van der Waals surface area contributed by atoms with Crippen molar-refractivity contribution >= 4 is 5.97 Å². The average molecular weight is 285 g/mol. The van der Waals surface area contributed by atoms with Crippen molar-refractivity contribution in [2.75, 3.05) is 0 Å². The highest BCUT2D eigenvalue weighted by Gasteiger charge is 2.16. The van der Waals surface area contributed by atoms with Gasteiger partial charge in [0, 0.05) is 18.8 Å². The Bertz CT molecular complexity index is 630. The highest BCUT2D eigenvalue weighted by atomic mass is 16.4. The maximum absolute atomic E-state index is 11.0. The predicted molar refractivity (Wildman–Crippen MR) is 79.1 cm³/mol. The number of aromatic nitrogens is 3. The van der Waals surface area contributed by atoms with Gasteiger partial charge in [-0.3, -0.25) is 4.98 Å². The summed E-state index contributed by atoms with van der Waals surface area (Å²) in [5.74, 6) is 0.743. The maximum Gasteiger partial charge on any atom is 0.335 e. The van der Waals surface area contributed by atoms with E-state index in [1.54, 1.807) is 6.07 Å². The van der Waals surface area contributed by atoms with Crippen LogP contribution in [0, 0.1) is 5.92 Å². The molecule has 1 saturated carbocycles. The van der Waals surface area contributed by atoms with Crippen LogP contribution in [0.2, 0.25) is 0 Å². The van der Waals surface area contributed by atoms with E-state index in [1.165, 1.54) is 44.4 Å². The summed E-state index contributed by atoms with van der Waals surface area (Å²) < 4.78 is 0. The molecule has 1 aliphatic carbocycles. The van der Waals surface area contributed by atoms with Gasteiger partial charge < -0.3 is 10.1 Å². The molecule has 0 atom stereocenters. The summed E-state index contributed by atoms with van der Waals surface area (Å²) in [6.45, 7) is 0. The topological polar surface area (TPSA) is 78.9 Å². The van der Waals surface area contributed by atoms with Crippen LogP contribution in [0.15, 0.2) is 24.5 Å². The Labute approximate surface area is 123 Å². The first kappa shape index (κ1) is 13.8. The quantitative estimate of drug-likeness (QED) is 0.903. The summed E-state index contributed by atoms with van der Waals surface area (Å²) in [7, 11) is 0. The molecule has 0 spiro atoms. The van der Waals surface area contributed by atoms with E-state index in [0.717, 1.165) is 18.2 Å². The van der Waals surface area contributed by atoms with E-state index >= 15 is 0 Å². The molecule has 5 heteroatoms. The first-order valence-corrected chi connectivity index (χ1v) is 7.46. The van der Waals surface area contributed by atoms with Crippen LogP contribution < -0.4 is 0 Å². The highest BCUT2D eigenvalue weighted by molar-refractivity contribution is 5.88. The van der Waals surface area contributed by atoms with Crippen molar-refractivity contribution in [2.45, 2.75) is 38.5 Å². The molecule has 0 aliphatic heterocycles. The fourth-order valence-electron chi connectivity index (χ4n) is 2.97. The monoisotopic (exact) mass is 285 g/mol. The molecule has 21 heavy (non-hydrogen) atoms. The van der Waals surface area contributed by atoms with Gasteiger partial charge in [-0.05, 0) is 18.1 Å². The minimum atomic E-state index is -0.948. The lowest BCUT2D eigenvalue weighted by molar-refractivity contribution is 0.0697. The molecule has 0 radical (unpaired) electrons. The van der Waals surface area contributed by atoms with Gasteiger partial charge in [-0.25, -0.2) is 9.78 Å². The maximum atomic E-state index is 11.0. The molecule has 3 rings (SSSR count). The van der Waals surface area contributed by atoms with Gasteiger partial charge in [0.1, 0.15) is 11.5 Å². The summed E-state index contributed by atoms with van der Waals surface area (Å²) in [6.07, 6.45) is 10.8. The van der Waals surface area contributed by atoms with Crippen LogP contribution in [0.4, 0.5) is 0 Å². The predicted octanol–water partition coefficient (Wildman–Crippen LogP) is 3.29. The lowest BCUT2D eigenvalue weighted by atomic mass is 9.87. The van der Waals surface area contributed by atoms with E-state index in [0.29, 0.717) is 11.4 Å². The Morgan fingerprint density at radius 2 is 2.10 bits per heavy atom. The normalized spacial score (nSPS) is 16.0. The first-order chi connectivity index (χ1) is 10.2. The molecule has 0 bridgehead atoms. The molecule has 110 valence electrons. The Morgan fingerprint density at radius 3 is 2.86 bits per heavy atom. The molecule has 5 nitrogen and oxygen atoms in total. The molecule has 0 aromatic carbocycles. The van der Waals surface area contributed by atoms with Crippen molar-refractivity contribution in [1.82, 2.24) is 15.0 Å². The second-order valence-corrected chi connectivity index (χ2v) is 5.68. The molecule has 1 fully saturated rings. The third kappa shape index (κ3) is 3.29. The van der Waals surface area contributed by atoms with Crippen molar-refractivity contribution in [2.24, 2.45) is 5.92 Å². The fourth-order valence-corrected chi connectivity index (χ4v) is 2.97. The Kier molecular flexibility index (Phi) is 3.99. The van der Waals surface area contributed by atoms with Crippen LogP contribution in [-0.4, -0.2) is 26.0 Å². The van der Waals surface area contributed by atoms with Crippen molar-refractivity contribution in [1.29, 1.82) is 0 Å². The average Bonchev–Trinajstić information content (AvgIpc) is 2.97. The zero-order chi connectivity index (χ0) is 14.7. The number of hydrogen-bond acceptors (Lipinski definition) is 3. The van der Waals surface area contributed by atoms with Gasteiger partial charge in [-0.1, -0.05) is 32.1 Å². The number of carboxylic acids is 1. The third-order valence-electron chi connectivity index (χ3n) is 4.11. The summed E-state index contributed by atoms with van der Waals surface area (Å²) >= 11 is 0. The van der Waals surface area contributed by atoms with Crippen molar-refractivity contribution < 1.29 is 9.90 Å². The van der Waals surface area contributed by atoms with E-state index in [1.807, 2.05) is 6.20 Å². The summed E-state index contributed by atoms with van der Waals surface area (Å²) in [6, 6.07) is 3.05. The number of hydrogen-bond donors (Lipinski definition) is 2. The van der Waals surface area contributed by atoms with Gasteiger partial charge in [0.25, 0.3) is 0 Å². The lowest BCUT2D eigenvalue weighted by Gasteiger charge is -2.20. The molecule has 0 unspecified atom stereocenters. The Hall–Kier alpha value is -2.17. The highest BCUT2D eigenvalue weighted by Crippen LogP contribution is 2.26. The third-order valence-corrected chi connectivity index (χ3v) is 4.11. The number of carboxylic acid groups (broad SMARTS) is 1. The number of aromatic amines is 1. The number of aromatic carboxylic acids is 1. The number of carbonyl (C=O) groups is 1. The minimum Gasteiger partial charge on any atom is -0.478 e. The molecule has 0 saturated heterocycles. The second kappa shape index (κ2) is 6.08.